The molecular weight excluding hydrogens is 460 g/mol. The van der Waals surface area contributed by atoms with Crippen LogP contribution in [0.25, 0.3) is 0 Å². The number of aryl methyl sites for hydroxylation is 2. The molecule has 35 heavy (non-hydrogen) atoms. The molecule has 0 unspecified atom stereocenters. The third-order valence-electron chi connectivity index (χ3n) is 5.93. The van der Waals surface area contributed by atoms with Crippen LogP contribution in [0.2, 0.25) is 0 Å². The van der Waals surface area contributed by atoms with E-state index in [-0.39, 0.29) is 23.9 Å². The van der Waals surface area contributed by atoms with Crippen LogP contribution in [0.4, 0.5) is 0 Å². The van der Waals surface area contributed by atoms with E-state index in [4.69, 9.17) is 4.42 Å². The summed E-state index contributed by atoms with van der Waals surface area (Å²) in [4.78, 5) is 15.4. The monoisotopic (exact) mass is 496 g/mol. The Labute approximate surface area is 209 Å². The Morgan fingerprint density at radius 3 is 2.20 bits per heavy atom. The number of sulfonamides is 1. The maximum Gasteiger partial charge on any atom is 0.243 e. The largest absolute Gasteiger partial charge is 0.464 e. The number of carbonyl (C=O) groups excluding carboxylic acids is 1. The van der Waals surface area contributed by atoms with Gasteiger partial charge in [0.25, 0.3) is 0 Å². The SMILES string of the molecule is Cc1ccc(S(=O)(=O)N(CCC(C)C)CC(=O)N(CCc2ccccc2)Cc2ccc(C)o2)cc1. The quantitative estimate of drug-likeness (QED) is 0.345. The van der Waals surface area contributed by atoms with Gasteiger partial charge in [0.2, 0.25) is 15.9 Å². The third-order valence-corrected chi connectivity index (χ3v) is 7.79. The number of hydrogen-bond acceptors (Lipinski definition) is 4. The standard InChI is InChI=1S/C28H36N2O4S/c1-22(2)16-19-30(35(32,33)27-14-10-23(3)11-15-27)21-28(31)29(20-26-13-12-24(4)34-26)18-17-25-8-6-5-7-9-25/h5-15,22H,16-21H2,1-4H3. The molecule has 188 valence electrons. The van der Waals surface area contributed by atoms with Crippen LogP contribution >= 0.6 is 0 Å². The van der Waals surface area contributed by atoms with Crippen LogP contribution < -0.4 is 0 Å². The molecule has 3 rings (SSSR count). The lowest BCUT2D eigenvalue weighted by Crippen LogP contribution is -2.43. The van der Waals surface area contributed by atoms with Gasteiger partial charge in [-0.05, 0) is 62.4 Å². The first-order valence-corrected chi connectivity index (χ1v) is 13.5. The lowest BCUT2D eigenvalue weighted by molar-refractivity contribution is -0.132. The molecule has 0 N–H and O–H groups in total. The maximum absolute atomic E-state index is 13.5. The van der Waals surface area contributed by atoms with E-state index >= 15 is 0 Å². The molecule has 1 amide bonds. The van der Waals surface area contributed by atoms with E-state index in [1.165, 1.54) is 4.31 Å². The van der Waals surface area contributed by atoms with Crippen molar-refractivity contribution in [3.63, 3.8) is 0 Å². The summed E-state index contributed by atoms with van der Waals surface area (Å²) in [6.45, 7) is 8.70. The highest BCUT2D eigenvalue weighted by atomic mass is 32.2. The number of benzene rings is 2. The highest BCUT2D eigenvalue weighted by Gasteiger charge is 2.29. The van der Waals surface area contributed by atoms with Gasteiger partial charge >= 0.3 is 0 Å². The Morgan fingerprint density at radius 2 is 1.60 bits per heavy atom. The van der Waals surface area contributed by atoms with Crippen LogP contribution in [0.5, 0.6) is 0 Å². The van der Waals surface area contributed by atoms with E-state index in [1.54, 1.807) is 29.2 Å². The van der Waals surface area contributed by atoms with E-state index in [0.717, 1.165) is 16.9 Å². The minimum absolute atomic E-state index is 0.206. The lowest BCUT2D eigenvalue weighted by Gasteiger charge is -2.27. The zero-order valence-corrected chi connectivity index (χ0v) is 21.9. The van der Waals surface area contributed by atoms with Crippen LogP contribution in [0.3, 0.4) is 0 Å². The fourth-order valence-electron chi connectivity index (χ4n) is 3.76. The zero-order valence-electron chi connectivity index (χ0n) is 21.1. The highest BCUT2D eigenvalue weighted by molar-refractivity contribution is 7.89. The summed E-state index contributed by atoms with van der Waals surface area (Å²) in [5.41, 5.74) is 2.10. The van der Waals surface area contributed by atoms with Crippen LogP contribution in [0.15, 0.2) is 76.0 Å². The topological polar surface area (TPSA) is 70.8 Å². The molecule has 6 nitrogen and oxygen atoms in total. The number of amides is 1. The summed E-state index contributed by atoms with van der Waals surface area (Å²) in [5.74, 6) is 1.52. The van der Waals surface area contributed by atoms with E-state index in [0.29, 0.717) is 37.6 Å². The molecule has 0 aliphatic rings. The van der Waals surface area contributed by atoms with Crippen molar-refractivity contribution in [3.05, 3.63) is 89.4 Å². The van der Waals surface area contributed by atoms with Crippen molar-refractivity contribution >= 4 is 15.9 Å². The fraction of sp³-hybridized carbons (Fsp3) is 0.393. The number of hydrogen-bond donors (Lipinski definition) is 0. The van der Waals surface area contributed by atoms with Gasteiger partial charge in [-0.3, -0.25) is 4.79 Å². The summed E-state index contributed by atoms with van der Waals surface area (Å²) < 4.78 is 34.0. The van der Waals surface area contributed by atoms with Crippen molar-refractivity contribution in [2.45, 2.75) is 52.0 Å². The average Bonchev–Trinajstić information content (AvgIpc) is 3.24. The van der Waals surface area contributed by atoms with E-state index in [1.807, 2.05) is 70.2 Å². The molecule has 0 fully saturated rings. The van der Waals surface area contributed by atoms with E-state index in [9.17, 15) is 13.2 Å². The molecule has 2 aromatic carbocycles. The molecule has 0 aliphatic heterocycles. The minimum Gasteiger partial charge on any atom is -0.464 e. The zero-order chi connectivity index (χ0) is 25.4. The average molecular weight is 497 g/mol. The van der Waals surface area contributed by atoms with Gasteiger partial charge in [-0.15, -0.1) is 0 Å². The fourth-order valence-corrected chi connectivity index (χ4v) is 5.16. The normalized spacial score (nSPS) is 11.8. The number of rotatable bonds is 12. The van der Waals surface area contributed by atoms with Crippen molar-refractivity contribution < 1.29 is 17.6 Å². The van der Waals surface area contributed by atoms with Gasteiger partial charge in [0, 0.05) is 13.1 Å². The second-order valence-corrected chi connectivity index (χ2v) is 11.3. The highest BCUT2D eigenvalue weighted by Crippen LogP contribution is 2.19. The molecular formula is C28H36N2O4S. The van der Waals surface area contributed by atoms with Crippen LogP contribution in [-0.4, -0.2) is 43.2 Å². The number of carbonyl (C=O) groups is 1. The van der Waals surface area contributed by atoms with Gasteiger partial charge in [-0.1, -0.05) is 61.9 Å². The summed E-state index contributed by atoms with van der Waals surface area (Å²) in [6, 6.07) is 20.4. The van der Waals surface area contributed by atoms with Crippen molar-refractivity contribution in [3.8, 4) is 0 Å². The minimum atomic E-state index is -3.82. The summed E-state index contributed by atoms with van der Waals surface area (Å²) in [5, 5.41) is 0. The molecule has 0 aliphatic carbocycles. The van der Waals surface area contributed by atoms with E-state index in [2.05, 4.69) is 0 Å². The first kappa shape index (κ1) is 26.7. The Hall–Kier alpha value is -2.90. The van der Waals surface area contributed by atoms with Crippen molar-refractivity contribution in [2.75, 3.05) is 19.6 Å². The Kier molecular flexibility index (Phi) is 9.29. The van der Waals surface area contributed by atoms with Crippen LogP contribution in [0.1, 0.15) is 42.9 Å². The molecule has 0 saturated carbocycles. The Bertz CT molecular complexity index is 1190. The predicted octanol–water partition coefficient (Wildman–Crippen LogP) is 5.20. The maximum atomic E-state index is 13.5. The molecule has 0 bridgehead atoms. The molecule has 1 aromatic heterocycles. The summed E-state index contributed by atoms with van der Waals surface area (Å²) in [6.07, 6.45) is 1.34. The smallest absolute Gasteiger partial charge is 0.243 e. The molecule has 0 radical (unpaired) electrons. The van der Waals surface area contributed by atoms with Gasteiger partial charge in [0.15, 0.2) is 0 Å². The summed E-state index contributed by atoms with van der Waals surface area (Å²) in [7, 11) is -3.82. The molecule has 7 heteroatoms. The van der Waals surface area contributed by atoms with Gasteiger partial charge in [0.1, 0.15) is 11.5 Å². The number of furan rings is 1. The molecule has 0 atom stereocenters. The van der Waals surface area contributed by atoms with Crippen LogP contribution in [0, 0.1) is 19.8 Å². The second-order valence-electron chi connectivity index (χ2n) is 9.40. The Morgan fingerprint density at radius 1 is 0.914 bits per heavy atom. The molecule has 3 aromatic rings. The van der Waals surface area contributed by atoms with Gasteiger partial charge in [-0.25, -0.2) is 8.42 Å². The van der Waals surface area contributed by atoms with Crippen LogP contribution in [-0.2, 0) is 27.8 Å². The van der Waals surface area contributed by atoms with Crippen molar-refractivity contribution in [1.29, 1.82) is 0 Å². The molecule has 0 spiro atoms. The van der Waals surface area contributed by atoms with Gasteiger partial charge in [-0.2, -0.15) is 4.31 Å². The first-order valence-electron chi connectivity index (χ1n) is 12.1. The predicted molar refractivity (Wildman–Crippen MR) is 138 cm³/mol. The molecule has 1 heterocycles. The first-order chi connectivity index (χ1) is 16.6. The summed E-state index contributed by atoms with van der Waals surface area (Å²) >= 11 is 0. The second kappa shape index (κ2) is 12.2. The van der Waals surface area contributed by atoms with E-state index < -0.39 is 10.0 Å². The lowest BCUT2D eigenvalue weighted by atomic mass is 10.1. The third kappa shape index (κ3) is 7.80. The molecule has 0 saturated heterocycles. The van der Waals surface area contributed by atoms with Crippen molar-refractivity contribution in [2.24, 2.45) is 5.92 Å². The van der Waals surface area contributed by atoms with Crippen molar-refractivity contribution in [1.82, 2.24) is 9.21 Å². The van der Waals surface area contributed by atoms with Gasteiger partial charge in [0.05, 0.1) is 18.0 Å². The Balaban J connectivity index is 1.83. The van der Waals surface area contributed by atoms with Gasteiger partial charge < -0.3 is 9.32 Å². The number of nitrogens with zero attached hydrogens (tertiary/aromatic N) is 2.